The first-order valence-electron chi connectivity index (χ1n) is 8.00. The predicted octanol–water partition coefficient (Wildman–Crippen LogP) is 4.30. The lowest BCUT2D eigenvalue weighted by atomic mass is 10.2. The van der Waals surface area contributed by atoms with Crippen molar-refractivity contribution in [3.05, 3.63) is 34.6 Å². The number of halogens is 1. The molecule has 0 spiro atoms. The Morgan fingerprint density at radius 3 is 2.54 bits per heavy atom. The minimum Gasteiger partial charge on any atom is -0.493 e. The summed E-state index contributed by atoms with van der Waals surface area (Å²) in [4.78, 5) is 14.4. The average molecular weight is 393 g/mol. The molecule has 0 radical (unpaired) electrons. The van der Waals surface area contributed by atoms with Gasteiger partial charge in [0.25, 0.3) is 0 Å². The van der Waals surface area contributed by atoms with E-state index in [1.54, 1.807) is 26.0 Å². The standard InChI is InChI=1S/C18H21ClN4O2S/c1-10-8-20-13(16(19)17(10)23(2)3)9-26-18-21-11-6-14(24-4)15(25-5)7-12(11)22-18/h6-8H,9H2,1-5H3,(H,21,22). The molecule has 0 aliphatic carbocycles. The van der Waals surface area contributed by atoms with Gasteiger partial charge in [0.1, 0.15) is 0 Å². The van der Waals surface area contributed by atoms with Crippen LogP contribution in [-0.4, -0.2) is 43.3 Å². The lowest BCUT2D eigenvalue weighted by Crippen LogP contribution is -2.12. The third-order valence-corrected chi connectivity index (χ3v) is 5.29. The fourth-order valence-electron chi connectivity index (χ4n) is 2.77. The lowest BCUT2D eigenvalue weighted by Gasteiger charge is -2.18. The van der Waals surface area contributed by atoms with Crippen molar-refractivity contribution in [1.82, 2.24) is 15.0 Å². The van der Waals surface area contributed by atoms with Crippen LogP contribution in [0.25, 0.3) is 11.0 Å². The van der Waals surface area contributed by atoms with E-state index in [1.165, 1.54) is 0 Å². The van der Waals surface area contributed by atoms with Gasteiger partial charge in [-0.2, -0.15) is 0 Å². The number of ether oxygens (including phenoxy) is 2. The van der Waals surface area contributed by atoms with Crippen molar-refractivity contribution >= 4 is 40.1 Å². The highest BCUT2D eigenvalue weighted by Crippen LogP contribution is 2.35. The molecule has 3 aromatic rings. The van der Waals surface area contributed by atoms with Crippen LogP contribution in [-0.2, 0) is 5.75 Å². The van der Waals surface area contributed by atoms with Gasteiger partial charge in [-0.3, -0.25) is 4.98 Å². The van der Waals surface area contributed by atoms with E-state index >= 15 is 0 Å². The number of thioether (sulfide) groups is 1. The van der Waals surface area contributed by atoms with Gasteiger partial charge in [0, 0.05) is 38.2 Å². The highest BCUT2D eigenvalue weighted by molar-refractivity contribution is 7.98. The van der Waals surface area contributed by atoms with Crippen LogP contribution in [0.5, 0.6) is 11.5 Å². The van der Waals surface area contributed by atoms with E-state index in [9.17, 15) is 0 Å². The summed E-state index contributed by atoms with van der Waals surface area (Å²) in [6.45, 7) is 2.01. The fraction of sp³-hybridized carbons (Fsp3) is 0.333. The molecule has 2 heterocycles. The molecule has 1 N–H and O–H groups in total. The second kappa shape index (κ2) is 7.63. The molecule has 6 nitrogen and oxygen atoms in total. The fourth-order valence-corrected chi connectivity index (χ4v) is 4.12. The van der Waals surface area contributed by atoms with Crippen molar-refractivity contribution in [3.63, 3.8) is 0 Å². The lowest BCUT2D eigenvalue weighted by molar-refractivity contribution is 0.356. The van der Waals surface area contributed by atoms with Gasteiger partial charge in [0.15, 0.2) is 16.7 Å². The van der Waals surface area contributed by atoms with Gasteiger partial charge >= 0.3 is 0 Å². The number of methoxy groups -OCH3 is 2. The zero-order chi connectivity index (χ0) is 18.8. The van der Waals surface area contributed by atoms with E-state index in [1.807, 2.05) is 44.2 Å². The summed E-state index contributed by atoms with van der Waals surface area (Å²) in [5.41, 5.74) is 4.60. The molecule has 26 heavy (non-hydrogen) atoms. The number of pyridine rings is 1. The van der Waals surface area contributed by atoms with Crippen LogP contribution < -0.4 is 14.4 Å². The van der Waals surface area contributed by atoms with Crippen LogP contribution in [0.2, 0.25) is 5.02 Å². The minimum absolute atomic E-state index is 0.619. The number of hydrogen-bond acceptors (Lipinski definition) is 6. The number of nitrogens with one attached hydrogen (secondary N) is 1. The Bertz CT molecular complexity index is 902. The molecule has 0 saturated carbocycles. The molecule has 0 aliphatic rings. The third kappa shape index (κ3) is 3.54. The summed E-state index contributed by atoms with van der Waals surface area (Å²) in [6, 6.07) is 3.74. The van der Waals surface area contributed by atoms with E-state index in [-0.39, 0.29) is 0 Å². The van der Waals surface area contributed by atoms with Crippen molar-refractivity contribution in [1.29, 1.82) is 0 Å². The molecule has 0 bridgehead atoms. The number of hydrogen-bond donors (Lipinski definition) is 1. The van der Waals surface area contributed by atoms with Gasteiger partial charge in [-0.25, -0.2) is 4.98 Å². The van der Waals surface area contributed by atoms with Gasteiger partial charge in [-0.1, -0.05) is 23.4 Å². The summed E-state index contributed by atoms with van der Waals surface area (Å²) in [7, 11) is 7.18. The highest BCUT2D eigenvalue weighted by atomic mass is 35.5. The van der Waals surface area contributed by atoms with Crippen LogP contribution >= 0.6 is 23.4 Å². The molecule has 1 aromatic carbocycles. The number of nitrogens with zero attached hydrogens (tertiary/aromatic N) is 3. The van der Waals surface area contributed by atoms with Crippen molar-refractivity contribution in [2.24, 2.45) is 0 Å². The molecule has 0 atom stereocenters. The second-order valence-corrected chi connectivity index (χ2v) is 7.34. The maximum absolute atomic E-state index is 6.55. The molecule has 8 heteroatoms. The largest absolute Gasteiger partial charge is 0.493 e. The molecule has 0 aliphatic heterocycles. The van der Waals surface area contributed by atoms with Crippen LogP contribution in [0.4, 0.5) is 5.69 Å². The molecular formula is C18H21ClN4O2S. The predicted molar refractivity (Wildman–Crippen MR) is 107 cm³/mol. The molecular weight excluding hydrogens is 372 g/mol. The molecule has 138 valence electrons. The van der Waals surface area contributed by atoms with Gasteiger partial charge in [-0.05, 0) is 12.5 Å². The number of benzene rings is 1. The molecule has 0 fully saturated rings. The van der Waals surface area contributed by atoms with E-state index in [4.69, 9.17) is 21.1 Å². The Kier molecular flexibility index (Phi) is 5.48. The van der Waals surface area contributed by atoms with Gasteiger partial charge in [0.2, 0.25) is 0 Å². The summed E-state index contributed by atoms with van der Waals surface area (Å²) in [5, 5.41) is 1.47. The van der Waals surface area contributed by atoms with Gasteiger partial charge < -0.3 is 19.4 Å². The summed E-state index contributed by atoms with van der Waals surface area (Å²) in [5.74, 6) is 1.94. The normalized spacial score (nSPS) is 11.0. The first kappa shape index (κ1) is 18.7. The SMILES string of the molecule is COc1cc2nc(SCc3ncc(C)c(N(C)C)c3Cl)[nH]c2cc1OC. The monoisotopic (exact) mass is 392 g/mol. The molecule has 0 amide bonds. The minimum atomic E-state index is 0.619. The second-order valence-electron chi connectivity index (χ2n) is 6.00. The summed E-state index contributed by atoms with van der Waals surface area (Å²) >= 11 is 8.10. The number of anilines is 1. The van der Waals surface area contributed by atoms with E-state index in [2.05, 4.69) is 15.0 Å². The van der Waals surface area contributed by atoms with E-state index in [0.29, 0.717) is 22.3 Å². The molecule has 3 rings (SSSR count). The van der Waals surface area contributed by atoms with Crippen LogP contribution in [0, 0.1) is 6.92 Å². The van der Waals surface area contributed by atoms with Crippen LogP contribution in [0.3, 0.4) is 0 Å². The zero-order valence-electron chi connectivity index (χ0n) is 15.4. The van der Waals surface area contributed by atoms with Crippen LogP contribution in [0.15, 0.2) is 23.5 Å². The van der Waals surface area contributed by atoms with E-state index < -0.39 is 0 Å². The zero-order valence-corrected chi connectivity index (χ0v) is 17.0. The van der Waals surface area contributed by atoms with Crippen molar-refractivity contribution in [3.8, 4) is 11.5 Å². The topological polar surface area (TPSA) is 63.3 Å². The Balaban J connectivity index is 1.85. The highest BCUT2D eigenvalue weighted by Gasteiger charge is 2.15. The Morgan fingerprint density at radius 1 is 1.19 bits per heavy atom. The van der Waals surface area contributed by atoms with Crippen molar-refractivity contribution < 1.29 is 9.47 Å². The smallest absolute Gasteiger partial charge is 0.166 e. The number of H-pyrrole nitrogens is 1. The maximum Gasteiger partial charge on any atom is 0.166 e. The number of aromatic amines is 1. The summed E-state index contributed by atoms with van der Waals surface area (Å²) in [6.07, 6.45) is 1.85. The van der Waals surface area contributed by atoms with Crippen molar-refractivity contribution in [2.45, 2.75) is 17.8 Å². The number of rotatable bonds is 6. The van der Waals surface area contributed by atoms with Crippen molar-refractivity contribution in [2.75, 3.05) is 33.2 Å². The Labute approximate surface area is 161 Å². The van der Waals surface area contributed by atoms with Gasteiger partial charge in [0.05, 0.1) is 41.7 Å². The number of fused-ring (bicyclic) bond motifs is 1. The quantitative estimate of drug-likeness (QED) is 0.631. The molecule has 0 unspecified atom stereocenters. The molecule has 0 saturated heterocycles. The van der Waals surface area contributed by atoms with Gasteiger partial charge in [-0.15, -0.1) is 0 Å². The first-order valence-corrected chi connectivity index (χ1v) is 9.36. The first-order chi connectivity index (χ1) is 12.4. The Morgan fingerprint density at radius 2 is 1.88 bits per heavy atom. The number of aryl methyl sites for hydroxylation is 1. The van der Waals surface area contributed by atoms with E-state index in [0.717, 1.165) is 33.1 Å². The molecule has 2 aromatic heterocycles. The third-order valence-electron chi connectivity index (χ3n) is 4.01. The maximum atomic E-state index is 6.55. The Hall–Kier alpha value is -2.12. The average Bonchev–Trinajstić information content (AvgIpc) is 3.01. The number of aromatic nitrogens is 3. The van der Waals surface area contributed by atoms with Crippen LogP contribution in [0.1, 0.15) is 11.3 Å². The summed E-state index contributed by atoms with van der Waals surface area (Å²) < 4.78 is 10.7. The number of imidazole rings is 1.